The Bertz CT molecular complexity index is 1060. The van der Waals surface area contributed by atoms with Gasteiger partial charge in [-0.15, -0.1) is 0 Å². The minimum atomic E-state index is -1.42. The number of rotatable bonds is 3. The van der Waals surface area contributed by atoms with Gasteiger partial charge in [0, 0.05) is 34.7 Å². The van der Waals surface area contributed by atoms with Crippen LogP contribution in [-0.4, -0.2) is 47.2 Å². The molecule has 1 N–H and O–H groups in total. The number of esters is 2. The van der Waals surface area contributed by atoms with Crippen molar-refractivity contribution in [3.63, 3.8) is 0 Å². The van der Waals surface area contributed by atoms with Crippen LogP contribution in [0.3, 0.4) is 0 Å². The Morgan fingerprint density at radius 1 is 1.20 bits per heavy atom. The van der Waals surface area contributed by atoms with Crippen molar-refractivity contribution in [2.45, 2.75) is 90.1 Å². The second kappa shape index (κ2) is 7.42. The normalized spacial score (nSPS) is 46.3. The number of cyclic esters (lactones) is 1. The van der Waals surface area contributed by atoms with E-state index in [-0.39, 0.29) is 36.9 Å². The lowest BCUT2D eigenvalue weighted by molar-refractivity contribution is -0.394. The number of methoxy groups -OCH3 is 1. The first kappa shape index (κ1) is 24.5. The number of ketones is 1. The van der Waals surface area contributed by atoms with E-state index in [0.717, 1.165) is 5.56 Å². The van der Waals surface area contributed by atoms with E-state index in [1.54, 1.807) is 19.3 Å². The van der Waals surface area contributed by atoms with Gasteiger partial charge in [0.25, 0.3) is 0 Å². The molecule has 1 spiro atoms. The van der Waals surface area contributed by atoms with Gasteiger partial charge in [-0.2, -0.15) is 0 Å². The molecule has 2 bridgehead atoms. The highest BCUT2D eigenvalue weighted by molar-refractivity contribution is 5.87. The number of carbonyl (C=O) groups excluding carboxylic acids is 3. The number of fused-ring (bicyclic) bond motifs is 3. The first-order valence-corrected chi connectivity index (χ1v) is 12.5. The second-order valence-corrected chi connectivity index (χ2v) is 12.2. The Labute approximate surface area is 205 Å². The van der Waals surface area contributed by atoms with Crippen molar-refractivity contribution in [3.8, 4) is 0 Å². The summed E-state index contributed by atoms with van der Waals surface area (Å²) >= 11 is 0. The minimum absolute atomic E-state index is 0.0105. The molecular formula is C27H36O8. The monoisotopic (exact) mass is 488 g/mol. The predicted octanol–water partition coefficient (Wildman–Crippen LogP) is 3.76. The summed E-state index contributed by atoms with van der Waals surface area (Å²) in [5.41, 5.74) is -4.20. The predicted molar refractivity (Wildman–Crippen MR) is 123 cm³/mol. The lowest BCUT2D eigenvalue weighted by Crippen LogP contribution is -2.81. The van der Waals surface area contributed by atoms with Crippen molar-refractivity contribution in [1.82, 2.24) is 0 Å². The van der Waals surface area contributed by atoms with E-state index in [0.29, 0.717) is 12.8 Å². The standard InChI is InChI=1S/C27H36O8/c1-23(2)17(11-20(29)32-6)25(4)16-7-9-24(3)22(15-8-10-33-14-15)34-21(30)13-27(24,26(16,5)31)35-19(25)12-18(23)28/h8,10,14,16-17,19,22,31H,7,9,11-13H2,1-6H3/t16-,17+,19+,22+,24+,25-,26-,27-/m1/s1. The Hall–Kier alpha value is -2.19. The molecule has 2 aliphatic heterocycles. The summed E-state index contributed by atoms with van der Waals surface area (Å²) in [6.07, 6.45) is 3.28. The minimum Gasteiger partial charge on any atom is -0.472 e. The molecule has 8 nitrogen and oxygen atoms in total. The SMILES string of the molecule is COC(=O)C[C@H]1C(C)(C)C(=O)C[C@@H]2O[C@]34CC(=O)O[C@@H](c5ccoc5)[C@]3(C)CC[C@H]([C@@]21C)[C@@]4(C)O. The summed E-state index contributed by atoms with van der Waals surface area (Å²) in [6.45, 7) is 9.57. The van der Waals surface area contributed by atoms with Gasteiger partial charge in [-0.05, 0) is 37.7 Å². The fourth-order valence-corrected chi connectivity index (χ4v) is 8.54. The van der Waals surface area contributed by atoms with Crippen LogP contribution in [0.25, 0.3) is 0 Å². The van der Waals surface area contributed by atoms with Gasteiger partial charge < -0.3 is 23.7 Å². The van der Waals surface area contributed by atoms with Gasteiger partial charge in [-0.1, -0.05) is 27.7 Å². The molecule has 3 heterocycles. The second-order valence-electron chi connectivity index (χ2n) is 12.2. The Morgan fingerprint density at radius 2 is 1.91 bits per heavy atom. The molecule has 1 aromatic heterocycles. The van der Waals surface area contributed by atoms with Gasteiger partial charge >= 0.3 is 11.9 Å². The number of ether oxygens (including phenoxy) is 3. The van der Waals surface area contributed by atoms with E-state index in [2.05, 4.69) is 0 Å². The van der Waals surface area contributed by atoms with Crippen molar-refractivity contribution >= 4 is 17.7 Å². The van der Waals surface area contributed by atoms with Crippen molar-refractivity contribution < 1.29 is 38.1 Å². The van der Waals surface area contributed by atoms with Gasteiger partial charge in [-0.3, -0.25) is 14.4 Å². The lowest BCUT2D eigenvalue weighted by Gasteiger charge is -2.74. The fraction of sp³-hybridized carbons (Fsp3) is 0.741. The summed E-state index contributed by atoms with van der Waals surface area (Å²) in [4.78, 5) is 39.0. The molecule has 8 atom stereocenters. The first-order chi connectivity index (χ1) is 16.3. The van der Waals surface area contributed by atoms with Crippen molar-refractivity contribution in [1.29, 1.82) is 0 Å². The van der Waals surface area contributed by atoms with E-state index in [9.17, 15) is 19.5 Å². The number of hydrogen-bond acceptors (Lipinski definition) is 8. The summed E-state index contributed by atoms with van der Waals surface area (Å²) in [5, 5.41) is 12.4. The summed E-state index contributed by atoms with van der Waals surface area (Å²) < 4.78 is 23.1. The maximum Gasteiger partial charge on any atom is 0.309 e. The zero-order chi connectivity index (χ0) is 25.6. The molecule has 0 aromatic carbocycles. The average Bonchev–Trinajstić information content (AvgIpc) is 3.30. The largest absolute Gasteiger partial charge is 0.472 e. The van der Waals surface area contributed by atoms with Gasteiger partial charge in [-0.25, -0.2) is 0 Å². The molecule has 4 aliphatic rings. The maximum atomic E-state index is 13.4. The highest BCUT2D eigenvalue weighted by Gasteiger charge is 2.79. The van der Waals surface area contributed by atoms with Crippen molar-refractivity contribution in [2.24, 2.45) is 28.1 Å². The molecule has 35 heavy (non-hydrogen) atoms. The number of hydrogen-bond donors (Lipinski definition) is 1. The number of Topliss-reactive ketones (excluding diaryl/α,β-unsaturated/α-hetero) is 1. The molecule has 0 amide bonds. The summed E-state index contributed by atoms with van der Waals surface area (Å²) in [5.74, 6) is -1.53. The Morgan fingerprint density at radius 3 is 2.54 bits per heavy atom. The molecule has 1 aromatic rings. The van der Waals surface area contributed by atoms with Crippen LogP contribution in [0.5, 0.6) is 0 Å². The van der Waals surface area contributed by atoms with Crippen LogP contribution < -0.4 is 0 Å². The van der Waals surface area contributed by atoms with Crippen molar-refractivity contribution in [3.05, 3.63) is 24.2 Å². The van der Waals surface area contributed by atoms with E-state index >= 15 is 0 Å². The summed E-state index contributed by atoms with van der Waals surface area (Å²) in [6, 6.07) is 1.77. The van der Waals surface area contributed by atoms with Crippen LogP contribution in [0.15, 0.2) is 23.0 Å². The highest BCUT2D eigenvalue weighted by Crippen LogP contribution is 2.73. The molecule has 2 saturated heterocycles. The summed E-state index contributed by atoms with van der Waals surface area (Å²) in [7, 11) is 1.35. The van der Waals surface area contributed by atoms with Crippen LogP contribution in [0.4, 0.5) is 0 Å². The highest BCUT2D eigenvalue weighted by atomic mass is 16.6. The third-order valence-corrected chi connectivity index (χ3v) is 10.5. The molecule has 4 fully saturated rings. The van der Waals surface area contributed by atoms with Crippen molar-refractivity contribution in [2.75, 3.05) is 7.11 Å². The van der Waals surface area contributed by atoms with E-state index in [1.807, 2.05) is 27.7 Å². The van der Waals surface area contributed by atoms with Gasteiger partial charge in [0.1, 0.15) is 17.5 Å². The molecule has 0 radical (unpaired) electrons. The smallest absolute Gasteiger partial charge is 0.309 e. The number of aliphatic hydroxyl groups is 1. The third kappa shape index (κ3) is 2.90. The molecule has 2 saturated carbocycles. The number of carbonyl (C=O) groups is 3. The first-order valence-electron chi connectivity index (χ1n) is 12.5. The Kier molecular flexibility index (Phi) is 5.19. The van der Waals surface area contributed by atoms with Crippen LogP contribution in [0.2, 0.25) is 0 Å². The van der Waals surface area contributed by atoms with Crippen LogP contribution in [0.1, 0.15) is 78.4 Å². The third-order valence-electron chi connectivity index (χ3n) is 10.5. The quantitative estimate of drug-likeness (QED) is 0.640. The van der Waals surface area contributed by atoms with Crippen LogP contribution >= 0.6 is 0 Å². The molecule has 5 rings (SSSR count). The van der Waals surface area contributed by atoms with Crippen LogP contribution in [-0.2, 0) is 28.6 Å². The molecule has 2 aliphatic carbocycles. The average molecular weight is 489 g/mol. The lowest BCUT2D eigenvalue weighted by atomic mass is 9.39. The molecule has 8 heteroatoms. The molecular weight excluding hydrogens is 452 g/mol. The Balaban J connectivity index is 1.67. The zero-order valence-corrected chi connectivity index (χ0v) is 21.4. The van der Waals surface area contributed by atoms with Gasteiger partial charge in [0.15, 0.2) is 0 Å². The van der Waals surface area contributed by atoms with E-state index < -0.39 is 51.5 Å². The maximum absolute atomic E-state index is 13.4. The topological polar surface area (TPSA) is 112 Å². The van der Waals surface area contributed by atoms with E-state index in [1.165, 1.54) is 13.4 Å². The number of furan rings is 1. The van der Waals surface area contributed by atoms with E-state index in [4.69, 9.17) is 18.6 Å². The van der Waals surface area contributed by atoms with Gasteiger partial charge in [0.2, 0.25) is 0 Å². The molecule has 0 unspecified atom stereocenters. The van der Waals surface area contributed by atoms with Gasteiger partial charge in [0.05, 0.1) is 37.8 Å². The molecule has 192 valence electrons. The van der Waals surface area contributed by atoms with Crippen LogP contribution in [0, 0.1) is 28.1 Å². The zero-order valence-electron chi connectivity index (χ0n) is 21.4. The fourth-order valence-electron chi connectivity index (χ4n) is 8.54.